The van der Waals surface area contributed by atoms with Gasteiger partial charge in [0.25, 0.3) is 0 Å². The van der Waals surface area contributed by atoms with Crippen molar-refractivity contribution in [1.29, 1.82) is 0 Å². The Morgan fingerprint density at radius 1 is 0.900 bits per heavy atom. The van der Waals surface area contributed by atoms with Gasteiger partial charge in [-0.05, 0) is 91.3 Å². The first-order chi connectivity index (χ1) is 14.2. The number of fused-ring (bicyclic) bond motifs is 3. The Hall–Kier alpha value is -0.210. The highest BCUT2D eigenvalue weighted by atomic mass is 19.4. The molecule has 4 aliphatic carbocycles. The SMILES string of the molecule is CC.CCCC1C(CC(F)(F)F)CCC2C1CCC1(C)C(CCC3CC3)C(C)CC21. The van der Waals surface area contributed by atoms with Crippen LogP contribution in [0, 0.1) is 52.8 Å². The Kier molecular flexibility index (Phi) is 7.93. The Morgan fingerprint density at radius 3 is 2.20 bits per heavy atom. The van der Waals surface area contributed by atoms with E-state index in [4.69, 9.17) is 0 Å². The standard InChI is InChI=1S/C25H41F3.C2H6/c1-4-5-19-18(15-25(26,27)28)9-10-21-20(19)12-13-24(3)22(11-8-17-6-7-17)16(2)14-23(21)24;1-2/h16-23H,4-15H2,1-3H3;1-2H3. The summed E-state index contributed by atoms with van der Waals surface area (Å²) in [6.07, 6.45) is 8.94. The van der Waals surface area contributed by atoms with E-state index in [0.717, 1.165) is 49.4 Å². The fourth-order valence-electron chi connectivity index (χ4n) is 8.47. The number of rotatable bonds is 6. The maximum Gasteiger partial charge on any atom is 0.389 e. The highest BCUT2D eigenvalue weighted by molar-refractivity contribution is 5.07. The molecular weight excluding hydrogens is 381 g/mol. The summed E-state index contributed by atoms with van der Waals surface area (Å²) in [4.78, 5) is 0. The zero-order chi connectivity index (χ0) is 22.1. The van der Waals surface area contributed by atoms with Crippen molar-refractivity contribution in [3.05, 3.63) is 0 Å². The average Bonchev–Trinajstić information content (AvgIpc) is 3.47. The van der Waals surface area contributed by atoms with Crippen LogP contribution in [0.5, 0.6) is 0 Å². The molecule has 0 aliphatic heterocycles. The Bertz CT molecular complexity index is 537. The zero-order valence-corrected chi connectivity index (χ0v) is 20.2. The summed E-state index contributed by atoms with van der Waals surface area (Å²) in [5.41, 5.74) is 0.461. The molecule has 4 saturated carbocycles. The van der Waals surface area contributed by atoms with E-state index >= 15 is 0 Å². The third-order valence-corrected chi connectivity index (χ3v) is 9.81. The van der Waals surface area contributed by atoms with Crippen LogP contribution in [-0.2, 0) is 0 Å². The van der Waals surface area contributed by atoms with Crippen LogP contribution in [0.25, 0.3) is 0 Å². The van der Waals surface area contributed by atoms with Crippen molar-refractivity contribution in [2.24, 2.45) is 52.8 Å². The van der Waals surface area contributed by atoms with E-state index in [0.29, 0.717) is 23.2 Å². The molecule has 0 N–H and O–H groups in total. The molecule has 0 saturated heterocycles. The Balaban J connectivity index is 0.00000124. The number of hydrogen-bond acceptors (Lipinski definition) is 0. The van der Waals surface area contributed by atoms with E-state index in [1.54, 1.807) is 0 Å². The van der Waals surface area contributed by atoms with Crippen LogP contribution in [0.15, 0.2) is 0 Å². The van der Waals surface area contributed by atoms with Crippen LogP contribution in [0.3, 0.4) is 0 Å². The minimum atomic E-state index is -4.00. The Morgan fingerprint density at radius 2 is 1.60 bits per heavy atom. The first-order valence-corrected chi connectivity index (χ1v) is 13.3. The smallest absolute Gasteiger partial charge is 0.171 e. The second kappa shape index (κ2) is 9.74. The van der Waals surface area contributed by atoms with Crippen molar-refractivity contribution < 1.29 is 13.2 Å². The summed E-state index contributed by atoms with van der Waals surface area (Å²) in [6, 6.07) is 0. The third-order valence-electron chi connectivity index (χ3n) is 9.81. The van der Waals surface area contributed by atoms with Crippen LogP contribution in [0.2, 0.25) is 0 Å². The molecule has 4 fully saturated rings. The van der Waals surface area contributed by atoms with Crippen LogP contribution < -0.4 is 0 Å². The molecule has 0 nitrogen and oxygen atoms in total. The van der Waals surface area contributed by atoms with E-state index in [1.165, 1.54) is 44.9 Å². The molecule has 8 unspecified atom stereocenters. The second-order valence-corrected chi connectivity index (χ2v) is 11.4. The number of alkyl halides is 3. The van der Waals surface area contributed by atoms with Gasteiger partial charge in [0.15, 0.2) is 0 Å². The predicted octanol–water partition coefficient (Wildman–Crippen LogP) is 9.29. The maximum absolute atomic E-state index is 13.2. The lowest BCUT2D eigenvalue weighted by Gasteiger charge is -2.55. The van der Waals surface area contributed by atoms with Crippen molar-refractivity contribution in [3.63, 3.8) is 0 Å². The van der Waals surface area contributed by atoms with Crippen molar-refractivity contribution in [1.82, 2.24) is 0 Å². The van der Waals surface area contributed by atoms with E-state index < -0.39 is 12.6 Å². The van der Waals surface area contributed by atoms with Gasteiger partial charge >= 0.3 is 6.18 Å². The molecule has 0 heterocycles. The third kappa shape index (κ3) is 5.06. The van der Waals surface area contributed by atoms with Crippen LogP contribution in [0.1, 0.15) is 112 Å². The summed E-state index contributed by atoms with van der Waals surface area (Å²) >= 11 is 0. The van der Waals surface area contributed by atoms with Gasteiger partial charge in [-0.25, -0.2) is 0 Å². The molecule has 0 amide bonds. The second-order valence-electron chi connectivity index (χ2n) is 11.4. The lowest BCUT2D eigenvalue weighted by Crippen LogP contribution is -2.48. The first-order valence-electron chi connectivity index (χ1n) is 13.3. The molecule has 0 aromatic heterocycles. The van der Waals surface area contributed by atoms with Gasteiger partial charge in [0, 0.05) is 6.42 Å². The largest absolute Gasteiger partial charge is 0.389 e. The van der Waals surface area contributed by atoms with Gasteiger partial charge in [-0.1, -0.05) is 66.7 Å². The molecule has 8 atom stereocenters. The molecule has 176 valence electrons. The number of hydrogen-bond donors (Lipinski definition) is 0. The minimum absolute atomic E-state index is 0.116. The minimum Gasteiger partial charge on any atom is -0.171 e. The van der Waals surface area contributed by atoms with Crippen molar-refractivity contribution in [2.75, 3.05) is 0 Å². The van der Waals surface area contributed by atoms with Crippen molar-refractivity contribution in [3.8, 4) is 0 Å². The van der Waals surface area contributed by atoms with Crippen molar-refractivity contribution >= 4 is 0 Å². The van der Waals surface area contributed by atoms with E-state index in [9.17, 15) is 13.2 Å². The summed E-state index contributed by atoms with van der Waals surface area (Å²) < 4.78 is 39.6. The summed E-state index contributed by atoms with van der Waals surface area (Å²) in [6.45, 7) is 11.2. The van der Waals surface area contributed by atoms with E-state index in [2.05, 4.69) is 20.8 Å². The van der Waals surface area contributed by atoms with E-state index in [1.807, 2.05) is 13.8 Å². The lowest BCUT2D eigenvalue weighted by atomic mass is 9.50. The van der Waals surface area contributed by atoms with Crippen LogP contribution in [-0.4, -0.2) is 6.18 Å². The summed E-state index contributed by atoms with van der Waals surface area (Å²) in [7, 11) is 0. The van der Waals surface area contributed by atoms with Gasteiger partial charge in [-0.3, -0.25) is 0 Å². The topological polar surface area (TPSA) is 0 Å². The highest BCUT2D eigenvalue weighted by Gasteiger charge is 2.58. The van der Waals surface area contributed by atoms with Crippen LogP contribution >= 0.6 is 0 Å². The summed E-state index contributed by atoms with van der Waals surface area (Å²) in [5, 5.41) is 0. The molecule has 0 aromatic carbocycles. The molecule has 0 bridgehead atoms. The molecule has 30 heavy (non-hydrogen) atoms. The fraction of sp³-hybridized carbons (Fsp3) is 1.00. The van der Waals surface area contributed by atoms with Gasteiger partial charge < -0.3 is 0 Å². The predicted molar refractivity (Wildman–Crippen MR) is 120 cm³/mol. The molecule has 4 rings (SSSR count). The van der Waals surface area contributed by atoms with Gasteiger partial charge in [0.05, 0.1) is 0 Å². The molecule has 3 heteroatoms. The van der Waals surface area contributed by atoms with Gasteiger partial charge in [0.1, 0.15) is 0 Å². The molecule has 0 spiro atoms. The molecular formula is C27H47F3. The van der Waals surface area contributed by atoms with Crippen molar-refractivity contribution in [2.45, 2.75) is 118 Å². The normalized spacial score (nSPS) is 43.4. The fourth-order valence-corrected chi connectivity index (χ4v) is 8.47. The van der Waals surface area contributed by atoms with Gasteiger partial charge in [-0.2, -0.15) is 13.2 Å². The maximum atomic E-state index is 13.2. The lowest BCUT2D eigenvalue weighted by molar-refractivity contribution is -0.161. The summed E-state index contributed by atoms with van der Waals surface area (Å²) in [5.74, 6) is 4.92. The quantitative estimate of drug-likeness (QED) is 0.395. The average molecular weight is 429 g/mol. The number of halogens is 3. The van der Waals surface area contributed by atoms with Gasteiger partial charge in [0.2, 0.25) is 0 Å². The van der Waals surface area contributed by atoms with Gasteiger partial charge in [-0.15, -0.1) is 0 Å². The molecule has 0 aromatic rings. The molecule has 0 radical (unpaired) electrons. The molecule has 4 aliphatic rings. The first kappa shape index (κ1) is 24.4. The Labute approximate surface area is 184 Å². The zero-order valence-electron chi connectivity index (χ0n) is 20.2. The highest BCUT2D eigenvalue weighted by Crippen LogP contribution is 2.66. The van der Waals surface area contributed by atoms with Crippen LogP contribution in [0.4, 0.5) is 13.2 Å². The van der Waals surface area contributed by atoms with E-state index in [-0.39, 0.29) is 5.92 Å². The monoisotopic (exact) mass is 428 g/mol.